The molecule has 5 nitrogen and oxygen atoms in total. The van der Waals surface area contributed by atoms with Gasteiger partial charge >= 0.3 is 0 Å². The molecule has 5 rings (SSSR count). The van der Waals surface area contributed by atoms with Gasteiger partial charge in [-0.1, -0.05) is 18.7 Å². The van der Waals surface area contributed by atoms with Gasteiger partial charge in [0.1, 0.15) is 11.9 Å². The first kappa shape index (κ1) is 17.0. The predicted octanol–water partition coefficient (Wildman–Crippen LogP) is 3.67. The topological polar surface area (TPSA) is 70.9 Å². The zero-order valence-electron chi connectivity index (χ0n) is 15.1. The molecule has 0 radical (unpaired) electrons. The van der Waals surface area contributed by atoms with Gasteiger partial charge in [-0.05, 0) is 47.7 Å². The van der Waals surface area contributed by atoms with Crippen molar-refractivity contribution in [3.8, 4) is 17.0 Å². The predicted molar refractivity (Wildman–Crippen MR) is 106 cm³/mol. The first-order chi connectivity index (χ1) is 13.6. The largest absolute Gasteiger partial charge is 0.507 e. The maximum Gasteiger partial charge on any atom is 0.126 e. The smallest absolute Gasteiger partial charge is 0.126 e. The van der Waals surface area contributed by atoms with E-state index in [-0.39, 0.29) is 23.8 Å². The molecular weight excluding hydrogens is 355 g/mol. The summed E-state index contributed by atoms with van der Waals surface area (Å²) in [5.74, 6) is -0.167. The minimum Gasteiger partial charge on any atom is -0.507 e. The van der Waals surface area contributed by atoms with E-state index < -0.39 is 6.17 Å². The van der Waals surface area contributed by atoms with Crippen LogP contribution in [0.5, 0.6) is 5.75 Å². The summed E-state index contributed by atoms with van der Waals surface area (Å²) in [4.78, 5) is 4.06. The maximum atomic E-state index is 14.8. The summed E-state index contributed by atoms with van der Waals surface area (Å²) in [6, 6.07) is 8.92. The second-order valence-corrected chi connectivity index (χ2v) is 7.39. The van der Waals surface area contributed by atoms with Gasteiger partial charge < -0.3 is 10.4 Å². The fraction of sp³-hybridized carbons (Fsp3) is 0.227. The Morgan fingerprint density at radius 2 is 2.04 bits per heavy atom. The fourth-order valence-corrected chi connectivity index (χ4v) is 4.11. The molecule has 2 bridgehead atoms. The molecule has 4 atom stereocenters. The molecule has 0 aliphatic carbocycles. The number of piperidine rings is 1. The van der Waals surface area contributed by atoms with E-state index in [2.05, 4.69) is 27.1 Å². The van der Waals surface area contributed by atoms with Gasteiger partial charge in [-0.25, -0.2) is 4.39 Å². The lowest BCUT2D eigenvalue weighted by atomic mass is 9.83. The van der Waals surface area contributed by atoms with Gasteiger partial charge in [-0.15, -0.1) is 5.10 Å². The van der Waals surface area contributed by atoms with Crippen molar-refractivity contribution in [3.63, 3.8) is 0 Å². The molecule has 2 aliphatic rings. The Morgan fingerprint density at radius 1 is 1.14 bits per heavy atom. The number of nitrogens with one attached hydrogen (secondary N) is 1. The highest BCUT2D eigenvalue weighted by Crippen LogP contribution is 2.37. The number of allylic oxidation sites excluding steroid dienone is 1. The van der Waals surface area contributed by atoms with E-state index in [1.807, 2.05) is 24.3 Å². The molecule has 2 aliphatic heterocycles. The van der Waals surface area contributed by atoms with Crippen molar-refractivity contribution in [1.82, 2.24) is 20.5 Å². The third-order valence-electron chi connectivity index (χ3n) is 5.66. The number of alkyl halides is 1. The Bertz CT molecular complexity index is 1100. The third kappa shape index (κ3) is 2.77. The minimum absolute atomic E-state index is 0.117. The Hall–Kier alpha value is -3.12. The number of benzene rings is 1. The molecule has 6 heteroatoms. The molecule has 2 aromatic heterocycles. The number of phenols is 1. The molecule has 2 N–H and O–H groups in total. The van der Waals surface area contributed by atoms with Crippen molar-refractivity contribution in [1.29, 1.82) is 0 Å². The number of fused-ring (bicyclic) bond motifs is 3. The van der Waals surface area contributed by atoms with Crippen LogP contribution in [0.4, 0.5) is 4.39 Å². The number of hydrogen-bond donors (Lipinski definition) is 2. The van der Waals surface area contributed by atoms with Crippen LogP contribution in [0.25, 0.3) is 27.6 Å². The van der Waals surface area contributed by atoms with Crippen LogP contribution in [0.3, 0.4) is 0 Å². The fourth-order valence-electron chi connectivity index (χ4n) is 4.11. The number of rotatable bonds is 3. The summed E-state index contributed by atoms with van der Waals surface area (Å²) in [5, 5.41) is 24.0. The lowest BCUT2D eigenvalue weighted by Gasteiger charge is -2.33. The maximum absolute atomic E-state index is 14.8. The third-order valence-corrected chi connectivity index (χ3v) is 5.66. The van der Waals surface area contributed by atoms with Crippen molar-refractivity contribution >= 4 is 16.3 Å². The van der Waals surface area contributed by atoms with Crippen molar-refractivity contribution in [3.05, 3.63) is 67.2 Å². The summed E-state index contributed by atoms with van der Waals surface area (Å²) in [7, 11) is 0. The summed E-state index contributed by atoms with van der Waals surface area (Å²) in [5.41, 5.74) is 2.40. The van der Waals surface area contributed by atoms with Crippen LogP contribution in [0.1, 0.15) is 12.1 Å². The number of hydrogen-bond acceptors (Lipinski definition) is 5. The Morgan fingerprint density at radius 3 is 2.86 bits per heavy atom. The Labute approximate surface area is 161 Å². The molecule has 0 amide bonds. The van der Waals surface area contributed by atoms with Crippen LogP contribution in [-0.4, -0.2) is 38.5 Å². The van der Waals surface area contributed by atoms with Gasteiger partial charge in [-0.3, -0.25) is 4.98 Å². The number of aromatic nitrogens is 3. The number of pyridine rings is 1. The highest BCUT2D eigenvalue weighted by atomic mass is 19.1. The van der Waals surface area contributed by atoms with Crippen molar-refractivity contribution in [2.24, 2.45) is 5.92 Å². The highest BCUT2D eigenvalue weighted by molar-refractivity contribution is 5.89. The molecule has 2 unspecified atom stereocenters. The Kier molecular flexibility index (Phi) is 3.94. The average molecular weight is 374 g/mol. The van der Waals surface area contributed by atoms with Crippen LogP contribution in [0.15, 0.2) is 61.5 Å². The molecule has 1 saturated heterocycles. The van der Waals surface area contributed by atoms with E-state index in [0.717, 1.165) is 10.8 Å². The number of nitrogens with zero attached hydrogens (tertiary/aromatic N) is 3. The minimum atomic E-state index is -1.03. The van der Waals surface area contributed by atoms with E-state index in [4.69, 9.17) is 0 Å². The molecule has 3 aromatic rings. The normalized spacial score (nSPS) is 25.9. The standard InChI is InChI=1S/C22H19FN4O/c1-12(16-10-15-2-3-20(25-15)22(16)23)18-4-5-19(27-26-18)17-8-13-6-7-24-11-14(13)9-21(17)28/h2-9,11,15-16,20,22,25,28H,1,10H2/t15?,16-,20?,22-/m1/s1. The number of aromatic hydroxyl groups is 1. The molecule has 0 saturated carbocycles. The van der Waals surface area contributed by atoms with Gasteiger partial charge in [-0.2, -0.15) is 5.10 Å². The zero-order valence-corrected chi connectivity index (χ0v) is 15.1. The average Bonchev–Trinajstić information content (AvgIpc) is 3.13. The second-order valence-electron chi connectivity index (χ2n) is 7.39. The first-order valence-electron chi connectivity index (χ1n) is 9.28. The second kappa shape index (κ2) is 6.49. The highest BCUT2D eigenvalue weighted by Gasteiger charge is 2.40. The van der Waals surface area contributed by atoms with E-state index in [9.17, 15) is 9.50 Å². The van der Waals surface area contributed by atoms with E-state index in [0.29, 0.717) is 28.9 Å². The molecule has 4 heterocycles. The molecule has 140 valence electrons. The quantitative estimate of drug-likeness (QED) is 0.685. The lowest BCUT2D eigenvalue weighted by Crippen LogP contribution is -2.47. The van der Waals surface area contributed by atoms with Crippen LogP contribution < -0.4 is 5.32 Å². The molecular formula is C22H19FN4O. The molecule has 28 heavy (non-hydrogen) atoms. The van der Waals surface area contributed by atoms with E-state index in [1.165, 1.54) is 0 Å². The van der Waals surface area contributed by atoms with Crippen molar-refractivity contribution < 1.29 is 9.50 Å². The lowest BCUT2D eigenvalue weighted by molar-refractivity contribution is 0.179. The van der Waals surface area contributed by atoms with E-state index >= 15 is 0 Å². The number of phenolic OH excluding ortho intramolecular Hbond substituents is 1. The molecule has 0 spiro atoms. The van der Waals surface area contributed by atoms with Crippen LogP contribution in [0, 0.1) is 5.92 Å². The Balaban J connectivity index is 1.43. The SMILES string of the molecule is C=C(c1ccc(-c2cc3ccncc3cc2O)nn1)[C@H]1CC2C=CC(N2)[C@@H]1F. The van der Waals surface area contributed by atoms with Gasteiger partial charge in [0.25, 0.3) is 0 Å². The van der Waals surface area contributed by atoms with Gasteiger partial charge in [0, 0.05) is 35.3 Å². The summed E-state index contributed by atoms with van der Waals surface area (Å²) < 4.78 is 14.8. The summed E-state index contributed by atoms with van der Waals surface area (Å²) in [6.45, 7) is 4.10. The van der Waals surface area contributed by atoms with Gasteiger partial charge in [0.2, 0.25) is 0 Å². The summed E-state index contributed by atoms with van der Waals surface area (Å²) in [6.07, 6.45) is 6.97. The van der Waals surface area contributed by atoms with Crippen LogP contribution in [-0.2, 0) is 0 Å². The van der Waals surface area contributed by atoms with Gasteiger partial charge in [0.05, 0.1) is 17.4 Å². The van der Waals surface area contributed by atoms with E-state index in [1.54, 1.807) is 30.6 Å². The molecule has 1 fully saturated rings. The van der Waals surface area contributed by atoms with Gasteiger partial charge in [0.15, 0.2) is 0 Å². The summed E-state index contributed by atoms with van der Waals surface area (Å²) >= 11 is 0. The van der Waals surface area contributed by atoms with Crippen molar-refractivity contribution in [2.75, 3.05) is 0 Å². The monoisotopic (exact) mass is 374 g/mol. The van der Waals surface area contributed by atoms with Crippen molar-refractivity contribution in [2.45, 2.75) is 24.7 Å². The zero-order chi connectivity index (χ0) is 19.3. The first-order valence-corrected chi connectivity index (χ1v) is 9.28. The molecule has 1 aromatic carbocycles. The van der Waals surface area contributed by atoms with Crippen LogP contribution >= 0.6 is 0 Å². The number of halogens is 1. The van der Waals surface area contributed by atoms with Crippen LogP contribution in [0.2, 0.25) is 0 Å².